The van der Waals surface area contributed by atoms with Gasteiger partial charge in [0.25, 0.3) is 0 Å². The molecule has 2 aromatic heterocycles. The summed E-state index contributed by atoms with van der Waals surface area (Å²) in [4.78, 5) is 15.1. The van der Waals surface area contributed by atoms with Crippen LogP contribution in [0.5, 0.6) is 0 Å². The van der Waals surface area contributed by atoms with E-state index in [1.54, 1.807) is 12.3 Å². The normalized spacial score (nSPS) is 15.2. The number of halogens is 1. The largest absolute Gasteiger partial charge is 0.481 e. The molecular weight excluding hydrogens is 485 g/mol. The maximum absolute atomic E-state index is 13.4. The van der Waals surface area contributed by atoms with E-state index in [1.165, 1.54) is 42.2 Å². The van der Waals surface area contributed by atoms with Crippen LogP contribution in [0.3, 0.4) is 0 Å². The van der Waals surface area contributed by atoms with Crippen LogP contribution in [-0.4, -0.2) is 48.7 Å². The second-order valence-corrected chi connectivity index (χ2v) is 9.95. The van der Waals surface area contributed by atoms with Crippen molar-refractivity contribution in [1.29, 1.82) is 0 Å². The number of aromatic amines is 1. The van der Waals surface area contributed by atoms with Crippen LogP contribution >= 0.6 is 0 Å². The van der Waals surface area contributed by atoms with Crippen LogP contribution < -0.4 is 0 Å². The summed E-state index contributed by atoms with van der Waals surface area (Å²) < 4.78 is 13.4. The molecule has 2 atom stereocenters. The molecule has 0 amide bonds. The van der Waals surface area contributed by atoms with Crippen molar-refractivity contribution in [3.63, 3.8) is 0 Å². The van der Waals surface area contributed by atoms with Gasteiger partial charge in [0.2, 0.25) is 0 Å². The van der Waals surface area contributed by atoms with Crippen LogP contribution in [0.25, 0.3) is 28.2 Å². The third-order valence-electron chi connectivity index (χ3n) is 6.93. The zero-order valence-electron chi connectivity index (χ0n) is 20.8. The first-order chi connectivity index (χ1) is 18.4. The zero-order chi connectivity index (χ0) is 26.6. The van der Waals surface area contributed by atoms with Gasteiger partial charge in [-0.15, -0.1) is 0 Å². The number of nitrogens with zero attached hydrogens (tertiary/aromatic N) is 2. The monoisotopic (exact) mass is 515 g/mol. The van der Waals surface area contributed by atoms with Crippen molar-refractivity contribution in [3.05, 3.63) is 89.0 Å². The van der Waals surface area contributed by atoms with Gasteiger partial charge in [-0.25, -0.2) is 9.37 Å². The molecule has 0 aliphatic heterocycles. The average Bonchev–Trinajstić information content (AvgIpc) is 3.66. The number of aliphatic carboxylic acids is 1. The number of pyridine rings is 1. The van der Waals surface area contributed by atoms with Gasteiger partial charge < -0.3 is 15.3 Å². The van der Waals surface area contributed by atoms with Crippen LogP contribution in [0.1, 0.15) is 54.0 Å². The van der Waals surface area contributed by atoms with Gasteiger partial charge in [-0.05, 0) is 77.6 Å². The van der Waals surface area contributed by atoms with Crippen molar-refractivity contribution in [2.24, 2.45) is 0 Å². The van der Waals surface area contributed by atoms with Gasteiger partial charge in [0.15, 0.2) is 5.65 Å². The van der Waals surface area contributed by atoms with Gasteiger partial charge in [0.1, 0.15) is 5.82 Å². The third-order valence-corrected chi connectivity index (χ3v) is 6.93. The number of carboxylic acids is 1. The minimum Gasteiger partial charge on any atom is -0.481 e. The Morgan fingerprint density at radius 3 is 2.58 bits per heavy atom. The van der Waals surface area contributed by atoms with E-state index in [9.17, 15) is 19.4 Å². The molecule has 1 aliphatic rings. The fraction of sp³-hybridized carbons (Fsp3) is 0.300. The number of carbonyl (C=O) groups is 1. The number of aryl methyl sites for hydroxylation is 2. The Balaban J connectivity index is 1.29. The summed E-state index contributed by atoms with van der Waals surface area (Å²) in [6, 6.07) is 15.1. The highest BCUT2D eigenvalue weighted by Crippen LogP contribution is 2.43. The summed E-state index contributed by atoms with van der Waals surface area (Å²) in [6.07, 6.45) is 6.31. The summed E-state index contributed by atoms with van der Waals surface area (Å²) in [5.41, 5.74) is 7.13. The van der Waals surface area contributed by atoms with Gasteiger partial charge in [0, 0.05) is 23.7 Å². The molecule has 38 heavy (non-hydrogen) atoms. The minimum atomic E-state index is -1.11. The van der Waals surface area contributed by atoms with Crippen LogP contribution in [0.2, 0.25) is 0 Å². The predicted octanol–water partition coefficient (Wildman–Crippen LogP) is 5.03. The topological polar surface area (TPSA) is 119 Å². The molecule has 2 unspecified atom stereocenters. The number of aliphatic hydroxyl groups excluding tert-OH is 2. The third kappa shape index (κ3) is 6.33. The second-order valence-electron chi connectivity index (χ2n) is 9.95. The lowest BCUT2D eigenvalue weighted by atomic mass is 9.93. The Bertz CT molecular complexity index is 1460. The summed E-state index contributed by atoms with van der Waals surface area (Å²) in [5, 5.41) is 36.9. The fourth-order valence-corrected chi connectivity index (χ4v) is 4.79. The molecule has 0 spiro atoms. The Hall–Kier alpha value is -3.88. The smallest absolute Gasteiger partial charge is 0.305 e. The number of hydrogen-bond acceptors (Lipinski definition) is 5. The van der Waals surface area contributed by atoms with E-state index >= 15 is 0 Å². The van der Waals surface area contributed by atoms with E-state index in [-0.39, 0.29) is 12.2 Å². The SMILES string of the molecule is O=C(O)CC(O)CC(O)/C=C/c1cnc2n[nH]c(CCc3ccc(-c4ccc(F)cc4)cc3C3CC3)c2c1. The molecule has 196 valence electrons. The van der Waals surface area contributed by atoms with Crippen molar-refractivity contribution >= 4 is 23.1 Å². The quantitative estimate of drug-likeness (QED) is 0.223. The highest BCUT2D eigenvalue weighted by molar-refractivity contribution is 5.80. The van der Waals surface area contributed by atoms with Gasteiger partial charge >= 0.3 is 5.97 Å². The fourth-order valence-electron chi connectivity index (χ4n) is 4.79. The second kappa shape index (κ2) is 11.2. The average molecular weight is 516 g/mol. The molecule has 2 aromatic carbocycles. The molecule has 1 aliphatic carbocycles. The standard InChI is InChI=1S/C30H30FN3O4/c31-23-9-6-19(7-10-23)22-5-4-21(26(14-22)20-2-3-20)8-12-28-27-13-18(17-32-30(27)34-33-28)1-11-24(35)15-25(36)16-29(37)38/h1,4-7,9-11,13-14,17,20,24-25,35-36H,2-3,8,12,15-16H2,(H,37,38)(H,32,33,34)/b11-1+. The Morgan fingerprint density at radius 2 is 1.84 bits per heavy atom. The molecule has 0 bridgehead atoms. The van der Waals surface area contributed by atoms with E-state index in [1.807, 2.05) is 18.2 Å². The van der Waals surface area contributed by atoms with Gasteiger partial charge in [-0.2, -0.15) is 5.10 Å². The number of carboxylic acid groups (broad SMARTS) is 1. The first-order valence-corrected chi connectivity index (χ1v) is 12.8. The maximum atomic E-state index is 13.4. The number of aliphatic hydroxyl groups is 2. The van der Waals surface area contributed by atoms with Crippen LogP contribution in [0.15, 0.2) is 60.8 Å². The lowest BCUT2D eigenvalue weighted by Gasteiger charge is -2.12. The lowest BCUT2D eigenvalue weighted by Crippen LogP contribution is -2.19. The molecule has 4 aromatic rings. The molecule has 5 rings (SSSR count). The number of fused-ring (bicyclic) bond motifs is 1. The number of benzene rings is 2. The summed E-state index contributed by atoms with van der Waals surface area (Å²) in [6.45, 7) is 0. The van der Waals surface area contributed by atoms with Crippen molar-refractivity contribution in [2.45, 2.75) is 56.7 Å². The molecule has 7 nitrogen and oxygen atoms in total. The number of hydrogen-bond donors (Lipinski definition) is 4. The van der Waals surface area contributed by atoms with E-state index in [0.29, 0.717) is 11.6 Å². The van der Waals surface area contributed by atoms with Crippen molar-refractivity contribution in [2.75, 3.05) is 0 Å². The van der Waals surface area contributed by atoms with Gasteiger partial charge in [-0.1, -0.05) is 42.5 Å². The minimum absolute atomic E-state index is 0.0568. The number of aromatic nitrogens is 3. The summed E-state index contributed by atoms with van der Waals surface area (Å²) in [7, 11) is 0. The summed E-state index contributed by atoms with van der Waals surface area (Å²) in [5.74, 6) is -0.773. The Morgan fingerprint density at radius 1 is 1.08 bits per heavy atom. The van der Waals surface area contributed by atoms with Crippen molar-refractivity contribution in [3.8, 4) is 11.1 Å². The van der Waals surface area contributed by atoms with Crippen molar-refractivity contribution < 1.29 is 24.5 Å². The molecule has 1 fully saturated rings. The highest BCUT2D eigenvalue weighted by atomic mass is 19.1. The first-order valence-electron chi connectivity index (χ1n) is 12.8. The molecule has 2 heterocycles. The van der Waals surface area contributed by atoms with E-state index in [4.69, 9.17) is 5.11 Å². The van der Waals surface area contributed by atoms with Crippen LogP contribution in [0.4, 0.5) is 4.39 Å². The zero-order valence-corrected chi connectivity index (χ0v) is 20.8. The molecule has 1 saturated carbocycles. The molecule has 0 radical (unpaired) electrons. The predicted molar refractivity (Wildman–Crippen MR) is 143 cm³/mol. The molecular formula is C30H30FN3O4. The Labute approximate surface area is 219 Å². The molecule has 4 N–H and O–H groups in total. The van der Waals surface area contributed by atoms with Crippen LogP contribution in [0, 0.1) is 5.82 Å². The van der Waals surface area contributed by atoms with Crippen LogP contribution in [-0.2, 0) is 17.6 Å². The Kier molecular flexibility index (Phi) is 7.62. The molecule has 8 heteroatoms. The lowest BCUT2D eigenvalue weighted by molar-refractivity contribution is -0.139. The van der Waals surface area contributed by atoms with Gasteiger partial charge in [-0.3, -0.25) is 9.89 Å². The van der Waals surface area contributed by atoms with E-state index in [2.05, 4.69) is 33.4 Å². The number of rotatable bonds is 11. The number of H-pyrrole nitrogens is 1. The summed E-state index contributed by atoms with van der Waals surface area (Å²) >= 11 is 0. The highest BCUT2D eigenvalue weighted by Gasteiger charge is 2.26. The molecule has 0 saturated heterocycles. The first kappa shape index (κ1) is 25.8. The number of nitrogens with one attached hydrogen (secondary N) is 1. The van der Waals surface area contributed by atoms with E-state index < -0.39 is 24.6 Å². The van der Waals surface area contributed by atoms with Gasteiger partial charge in [0.05, 0.1) is 18.6 Å². The van der Waals surface area contributed by atoms with E-state index in [0.717, 1.165) is 40.6 Å². The van der Waals surface area contributed by atoms with Crippen molar-refractivity contribution in [1.82, 2.24) is 15.2 Å². The maximum Gasteiger partial charge on any atom is 0.305 e.